The zero-order valence-corrected chi connectivity index (χ0v) is 5.45. The van der Waals surface area contributed by atoms with E-state index in [0.717, 1.165) is 0 Å². The van der Waals surface area contributed by atoms with Gasteiger partial charge in [-0.05, 0) is 0 Å². The molecule has 0 aromatic carbocycles. The van der Waals surface area contributed by atoms with Crippen LogP contribution >= 0.6 is 0 Å². The Bertz CT molecular complexity index is 121. The third-order valence-electron chi connectivity index (χ3n) is 0.0913. The summed E-state index contributed by atoms with van der Waals surface area (Å²) >= 11 is 0. The van der Waals surface area contributed by atoms with E-state index in [9.17, 15) is 0 Å². The lowest BCUT2D eigenvalue weighted by Gasteiger charge is -1.60. The highest BCUT2D eigenvalue weighted by Gasteiger charge is 1.70. The predicted octanol–water partition coefficient (Wildman–Crippen LogP) is 1.72. The first-order valence-corrected chi connectivity index (χ1v) is 2.07. The number of rotatable bonds is 0. The van der Waals surface area contributed by atoms with Crippen LogP contribution in [-0.4, -0.2) is 16.4 Å². The van der Waals surface area contributed by atoms with Crippen molar-refractivity contribution in [2.24, 2.45) is 0 Å². The van der Waals surface area contributed by atoms with Gasteiger partial charge in [0.25, 0.3) is 0 Å². The molecule has 0 aliphatic carbocycles. The molecule has 56 valence electrons. The Labute approximate surface area is 59.3 Å². The van der Waals surface area contributed by atoms with Gasteiger partial charge in [0.2, 0.25) is 0 Å². The van der Waals surface area contributed by atoms with Gasteiger partial charge in [-0.3, -0.25) is 0 Å². The molecule has 0 aromatic rings. The molecule has 0 aliphatic rings. The predicted molar refractivity (Wildman–Crippen MR) is 37.7 cm³/mol. The fraction of sp³-hybridized carbons (Fsp3) is 0. The molecule has 0 heterocycles. The van der Waals surface area contributed by atoms with Crippen LogP contribution in [0.1, 0.15) is 0 Å². The first-order chi connectivity index (χ1) is 4.65. The van der Waals surface area contributed by atoms with Crippen molar-refractivity contribution >= 4 is 6.16 Å². The van der Waals surface area contributed by atoms with Crippen LogP contribution in [0, 0.1) is 11.3 Å². The van der Waals surface area contributed by atoms with Crippen molar-refractivity contribution in [2.45, 2.75) is 0 Å². The second-order valence-corrected chi connectivity index (χ2v) is 0.616. The van der Waals surface area contributed by atoms with E-state index < -0.39 is 6.16 Å². The molecule has 0 aliphatic heterocycles. The number of carbonyl (C=O) groups is 1. The highest BCUT2D eigenvalue weighted by molar-refractivity contribution is 5.53. The van der Waals surface area contributed by atoms with Gasteiger partial charge >= 0.3 is 6.16 Å². The van der Waals surface area contributed by atoms with Crippen LogP contribution in [0.4, 0.5) is 4.79 Å². The summed E-state index contributed by atoms with van der Waals surface area (Å²) in [7, 11) is 0. The van der Waals surface area contributed by atoms with Crippen molar-refractivity contribution in [3.8, 4) is 6.07 Å². The average Bonchev–Trinajstić information content (AvgIpc) is 1.91. The van der Waals surface area contributed by atoms with Crippen LogP contribution in [0.2, 0.25) is 0 Å². The number of carboxylic acid groups (broad SMARTS) is 2. The number of nitriles is 1. The maximum absolute atomic E-state index is 8.56. The minimum atomic E-state index is -1.83. The summed E-state index contributed by atoms with van der Waals surface area (Å²) in [6, 6.07) is 1.69. The summed E-state index contributed by atoms with van der Waals surface area (Å²) in [6.45, 7) is 9.12. The van der Waals surface area contributed by atoms with Gasteiger partial charge in [-0.2, -0.15) is 5.26 Å². The molecule has 0 saturated carbocycles. The molecule has 0 atom stereocenters. The lowest BCUT2D eigenvalue weighted by Crippen LogP contribution is -1.81. The van der Waals surface area contributed by atoms with Crippen LogP contribution in [0.3, 0.4) is 0 Å². The molecule has 0 saturated heterocycles. The number of hydrogen-bond acceptors (Lipinski definition) is 2. The topological polar surface area (TPSA) is 81.3 Å². The Kier molecular flexibility index (Phi) is 42.2. The van der Waals surface area contributed by atoms with Crippen LogP contribution in [0.25, 0.3) is 0 Å². The van der Waals surface area contributed by atoms with E-state index >= 15 is 0 Å². The highest BCUT2D eigenvalue weighted by atomic mass is 16.6. The lowest BCUT2D eigenvalue weighted by atomic mass is 10.8. The van der Waals surface area contributed by atoms with Crippen molar-refractivity contribution in [2.75, 3.05) is 0 Å². The Morgan fingerprint density at radius 1 is 1.50 bits per heavy atom. The third-order valence-corrected chi connectivity index (χ3v) is 0.0913. The first-order valence-electron chi connectivity index (χ1n) is 2.07. The second-order valence-electron chi connectivity index (χ2n) is 0.616. The molecule has 4 heteroatoms. The number of nitrogens with zero attached hydrogens (tertiary/aromatic N) is 1. The Balaban J connectivity index is -0.0000000787. The van der Waals surface area contributed by atoms with Gasteiger partial charge in [-0.25, -0.2) is 4.79 Å². The molecule has 0 aromatic heterocycles. The van der Waals surface area contributed by atoms with Crippen molar-refractivity contribution in [3.63, 3.8) is 0 Å². The standard InChI is InChI=1S/C3H3N.C2H4.CH2O3/c1-2-3-4;1-2;2-1(3)4/h2H,1H2;1-2H2;(H2,2,3,4). The molecular weight excluding hydrogens is 134 g/mol. The summed E-state index contributed by atoms with van der Waals surface area (Å²) in [5.74, 6) is 0. The second kappa shape index (κ2) is 26.9. The van der Waals surface area contributed by atoms with Crippen molar-refractivity contribution in [1.29, 1.82) is 5.26 Å². The van der Waals surface area contributed by atoms with Gasteiger partial charge in [0.05, 0.1) is 6.07 Å². The molecule has 10 heavy (non-hydrogen) atoms. The molecule has 0 unspecified atom stereocenters. The van der Waals surface area contributed by atoms with E-state index in [1.807, 2.05) is 0 Å². The van der Waals surface area contributed by atoms with Gasteiger partial charge in [0.1, 0.15) is 0 Å². The molecule has 0 fully saturated rings. The quantitative estimate of drug-likeness (QED) is 0.399. The molecule has 2 N–H and O–H groups in total. The monoisotopic (exact) mass is 143 g/mol. The maximum Gasteiger partial charge on any atom is 0.503 e. The number of hydrogen-bond donors (Lipinski definition) is 2. The van der Waals surface area contributed by atoms with E-state index in [4.69, 9.17) is 20.3 Å². The van der Waals surface area contributed by atoms with Crippen LogP contribution in [0.5, 0.6) is 0 Å². The molecule has 0 rings (SSSR count). The fourth-order valence-corrected chi connectivity index (χ4v) is 0. The van der Waals surface area contributed by atoms with Gasteiger partial charge in [-0.15, -0.1) is 13.2 Å². The van der Waals surface area contributed by atoms with E-state index in [1.165, 1.54) is 6.08 Å². The molecule has 0 bridgehead atoms. The lowest BCUT2D eigenvalue weighted by molar-refractivity contribution is 0.137. The fourth-order valence-electron chi connectivity index (χ4n) is 0. The largest absolute Gasteiger partial charge is 0.503 e. The molecular formula is C6H9NO3. The van der Waals surface area contributed by atoms with E-state index in [0.29, 0.717) is 0 Å². The summed E-state index contributed by atoms with van der Waals surface area (Å²) in [5, 5.41) is 21.5. The maximum atomic E-state index is 8.56. The van der Waals surface area contributed by atoms with Crippen molar-refractivity contribution < 1.29 is 15.0 Å². The van der Waals surface area contributed by atoms with Crippen LogP contribution in [0.15, 0.2) is 25.8 Å². The minimum Gasteiger partial charge on any atom is -0.450 e. The summed E-state index contributed by atoms with van der Waals surface area (Å²) < 4.78 is 0. The van der Waals surface area contributed by atoms with Crippen LogP contribution < -0.4 is 0 Å². The van der Waals surface area contributed by atoms with Crippen molar-refractivity contribution in [3.05, 3.63) is 25.8 Å². The van der Waals surface area contributed by atoms with E-state index in [2.05, 4.69) is 19.7 Å². The van der Waals surface area contributed by atoms with Crippen molar-refractivity contribution in [1.82, 2.24) is 0 Å². The Morgan fingerprint density at radius 3 is 1.60 bits per heavy atom. The minimum absolute atomic E-state index is 1.18. The smallest absolute Gasteiger partial charge is 0.450 e. The highest BCUT2D eigenvalue weighted by Crippen LogP contribution is 1.42. The number of allylic oxidation sites excluding steroid dienone is 1. The Hall–Kier alpha value is -1.76. The average molecular weight is 143 g/mol. The van der Waals surface area contributed by atoms with Crippen LogP contribution in [-0.2, 0) is 0 Å². The summed E-state index contributed by atoms with van der Waals surface area (Å²) in [5.41, 5.74) is 0. The SMILES string of the molecule is C=C.C=CC#N.O=C(O)O. The zero-order chi connectivity index (χ0) is 8.99. The summed E-state index contributed by atoms with van der Waals surface area (Å²) in [4.78, 5) is 8.56. The normalized spacial score (nSPS) is 4.30. The molecule has 0 spiro atoms. The first kappa shape index (κ1) is 15.7. The van der Waals surface area contributed by atoms with E-state index in [-0.39, 0.29) is 0 Å². The summed E-state index contributed by atoms with van der Waals surface area (Å²) in [6.07, 6.45) is -0.653. The molecule has 0 amide bonds. The van der Waals surface area contributed by atoms with Gasteiger partial charge < -0.3 is 10.2 Å². The van der Waals surface area contributed by atoms with E-state index in [1.54, 1.807) is 6.07 Å². The van der Waals surface area contributed by atoms with Gasteiger partial charge in [0.15, 0.2) is 0 Å². The Morgan fingerprint density at radius 2 is 1.60 bits per heavy atom. The van der Waals surface area contributed by atoms with Gasteiger partial charge in [0, 0.05) is 6.08 Å². The molecule has 0 radical (unpaired) electrons. The zero-order valence-electron chi connectivity index (χ0n) is 5.45. The third kappa shape index (κ3) is 297. The molecule has 4 nitrogen and oxygen atoms in total. The van der Waals surface area contributed by atoms with Gasteiger partial charge in [-0.1, -0.05) is 6.58 Å².